The molecule has 3 rings (SSSR count). The molecule has 11 heteroatoms. The number of carboxylic acid groups (broad SMARTS) is 1. The smallest absolute Gasteiger partial charge is 0.336 e. The highest BCUT2D eigenvalue weighted by Crippen LogP contribution is 2.26. The highest BCUT2D eigenvalue weighted by atomic mass is 32.2. The van der Waals surface area contributed by atoms with Gasteiger partial charge >= 0.3 is 5.97 Å². The molecule has 0 saturated heterocycles. The Kier molecular flexibility index (Phi) is 7.72. The minimum absolute atomic E-state index is 0.0495. The number of nitrogens with one attached hydrogen (secondary N) is 2. The van der Waals surface area contributed by atoms with E-state index >= 15 is 0 Å². The summed E-state index contributed by atoms with van der Waals surface area (Å²) in [6, 6.07) is 18.2. The van der Waals surface area contributed by atoms with Crippen LogP contribution in [0.3, 0.4) is 0 Å². The number of anilines is 2. The number of primary sulfonamides is 1. The standard InChI is InChI=1S/C23H21N3O6S2/c1-14(21(27)25-16-8-12-18(13-9-16)34(24,31)32)33-17-10-6-15(7-11-17)26-22(28)19-4-2-3-5-20(19)23(29)30/h2-14H,1H3,(H,25,27)(H,26,28)(H,29,30)(H2,24,31,32)/t14-/m0/s1. The van der Waals surface area contributed by atoms with Gasteiger partial charge < -0.3 is 15.7 Å². The van der Waals surface area contributed by atoms with Crippen molar-refractivity contribution >= 4 is 50.9 Å². The van der Waals surface area contributed by atoms with Crippen LogP contribution in [0.15, 0.2) is 82.6 Å². The average Bonchev–Trinajstić information content (AvgIpc) is 2.80. The molecular formula is C23H21N3O6S2. The Hall–Kier alpha value is -3.67. The maximum Gasteiger partial charge on any atom is 0.336 e. The third kappa shape index (κ3) is 6.44. The van der Waals surface area contributed by atoms with E-state index in [0.717, 1.165) is 4.90 Å². The Morgan fingerprint density at radius 2 is 1.38 bits per heavy atom. The number of rotatable bonds is 8. The summed E-state index contributed by atoms with van der Waals surface area (Å²) in [6.45, 7) is 1.72. The van der Waals surface area contributed by atoms with Crippen LogP contribution in [0.4, 0.5) is 11.4 Å². The number of amides is 2. The molecule has 0 aliphatic heterocycles. The fourth-order valence-corrected chi connectivity index (χ4v) is 4.30. The molecule has 0 spiro atoms. The van der Waals surface area contributed by atoms with Gasteiger partial charge in [-0.05, 0) is 67.6 Å². The Morgan fingerprint density at radius 1 is 0.853 bits per heavy atom. The van der Waals surface area contributed by atoms with Crippen molar-refractivity contribution in [3.05, 3.63) is 83.9 Å². The molecule has 1 atom stereocenters. The molecule has 2 amide bonds. The predicted molar refractivity (Wildman–Crippen MR) is 130 cm³/mol. The second-order valence-electron chi connectivity index (χ2n) is 7.15. The molecule has 0 saturated carbocycles. The van der Waals surface area contributed by atoms with Gasteiger partial charge in [0, 0.05) is 16.3 Å². The summed E-state index contributed by atoms with van der Waals surface area (Å²) in [4.78, 5) is 37.0. The summed E-state index contributed by atoms with van der Waals surface area (Å²) in [6.07, 6.45) is 0. The number of aromatic carboxylic acids is 1. The summed E-state index contributed by atoms with van der Waals surface area (Å²) in [5, 5.41) is 19.2. The van der Waals surface area contributed by atoms with Gasteiger partial charge in [-0.25, -0.2) is 18.4 Å². The lowest BCUT2D eigenvalue weighted by Gasteiger charge is -2.13. The van der Waals surface area contributed by atoms with Gasteiger partial charge in [-0.1, -0.05) is 12.1 Å². The zero-order chi connectivity index (χ0) is 24.9. The van der Waals surface area contributed by atoms with Crippen LogP contribution in [0.1, 0.15) is 27.6 Å². The molecule has 3 aromatic carbocycles. The molecule has 0 bridgehead atoms. The lowest BCUT2D eigenvalue weighted by Crippen LogP contribution is -2.22. The van der Waals surface area contributed by atoms with Gasteiger partial charge in [0.1, 0.15) is 0 Å². The number of benzene rings is 3. The van der Waals surface area contributed by atoms with Crippen LogP contribution in [-0.2, 0) is 14.8 Å². The summed E-state index contributed by atoms with van der Waals surface area (Å²) >= 11 is 1.29. The average molecular weight is 500 g/mol. The fourth-order valence-electron chi connectivity index (χ4n) is 2.91. The number of nitrogens with two attached hydrogens (primary N) is 1. The van der Waals surface area contributed by atoms with Gasteiger partial charge in [-0.2, -0.15) is 0 Å². The Bertz CT molecular complexity index is 1320. The van der Waals surface area contributed by atoms with Crippen molar-refractivity contribution < 1.29 is 27.9 Å². The normalized spacial score (nSPS) is 11.9. The summed E-state index contributed by atoms with van der Waals surface area (Å²) in [5.74, 6) is -2.01. The van der Waals surface area contributed by atoms with Gasteiger partial charge in [0.15, 0.2) is 0 Å². The molecule has 0 heterocycles. The van der Waals surface area contributed by atoms with E-state index in [2.05, 4.69) is 10.6 Å². The molecule has 9 nitrogen and oxygen atoms in total. The van der Waals surface area contributed by atoms with Crippen LogP contribution in [0.5, 0.6) is 0 Å². The SMILES string of the molecule is C[C@H](Sc1ccc(NC(=O)c2ccccc2C(=O)O)cc1)C(=O)Nc1ccc(S(N)(=O)=O)cc1. The van der Waals surface area contributed by atoms with Crippen molar-refractivity contribution in [2.75, 3.05) is 10.6 Å². The molecular weight excluding hydrogens is 478 g/mol. The molecule has 0 aliphatic carbocycles. The quantitative estimate of drug-likeness (QED) is 0.346. The lowest BCUT2D eigenvalue weighted by atomic mass is 10.1. The van der Waals surface area contributed by atoms with E-state index < -0.39 is 27.1 Å². The highest BCUT2D eigenvalue weighted by molar-refractivity contribution is 8.00. The molecule has 0 aromatic heterocycles. The zero-order valence-corrected chi connectivity index (χ0v) is 19.5. The molecule has 0 radical (unpaired) electrons. The minimum atomic E-state index is -3.81. The van der Waals surface area contributed by atoms with Crippen LogP contribution in [0, 0.1) is 0 Å². The second kappa shape index (κ2) is 10.5. The van der Waals surface area contributed by atoms with Crippen LogP contribution in [0.25, 0.3) is 0 Å². The highest BCUT2D eigenvalue weighted by Gasteiger charge is 2.17. The number of carbonyl (C=O) groups is 3. The van der Waals surface area contributed by atoms with Gasteiger partial charge in [0.2, 0.25) is 15.9 Å². The van der Waals surface area contributed by atoms with Gasteiger partial charge in [0.25, 0.3) is 5.91 Å². The van der Waals surface area contributed by atoms with Gasteiger partial charge in [-0.15, -0.1) is 11.8 Å². The second-order valence-corrected chi connectivity index (χ2v) is 10.1. The van der Waals surface area contributed by atoms with Crippen LogP contribution < -0.4 is 15.8 Å². The zero-order valence-electron chi connectivity index (χ0n) is 17.9. The third-order valence-corrected chi connectivity index (χ3v) is 6.69. The number of sulfonamides is 1. The van der Waals surface area contributed by atoms with E-state index in [9.17, 15) is 27.9 Å². The Balaban J connectivity index is 1.59. The van der Waals surface area contributed by atoms with Crippen molar-refractivity contribution in [1.29, 1.82) is 0 Å². The number of carbonyl (C=O) groups excluding carboxylic acids is 2. The molecule has 0 fully saturated rings. The summed E-state index contributed by atoms with van der Waals surface area (Å²) < 4.78 is 22.6. The molecule has 34 heavy (non-hydrogen) atoms. The molecule has 3 aromatic rings. The fraction of sp³-hybridized carbons (Fsp3) is 0.0870. The maximum atomic E-state index is 12.5. The van der Waals surface area contributed by atoms with Crippen molar-refractivity contribution in [3.63, 3.8) is 0 Å². The van der Waals surface area contributed by atoms with Crippen molar-refractivity contribution in [1.82, 2.24) is 0 Å². The van der Waals surface area contributed by atoms with E-state index in [1.54, 1.807) is 43.3 Å². The van der Waals surface area contributed by atoms with Crippen molar-refractivity contribution in [2.24, 2.45) is 5.14 Å². The first kappa shape index (κ1) is 25.0. The first-order valence-electron chi connectivity index (χ1n) is 9.89. The molecule has 176 valence electrons. The van der Waals surface area contributed by atoms with Gasteiger partial charge in [-0.3, -0.25) is 9.59 Å². The first-order valence-corrected chi connectivity index (χ1v) is 12.3. The van der Waals surface area contributed by atoms with Crippen molar-refractivity contribution in [3.8, 4) is 0 Å². The lowest BCUT2D eigenvalue weighted by molar-refractivity contribution is -0.115. The number of carboxylic acids is 1. The van der Waals surface area contributed by atoms with E-state index in [1.807, 2.05) is 0 Å². The van der Waals surface area contributed by atoms with Gasteiger partial charge in [0.05, 0.1) is 21.3 Å². The van der Waals surface area contributed by atoms with E-state index in [-0.39, 0.29) is 21.9 Å². The van der Waals surface area contributed by atoms with E-state index in [4.69, 9.17) is 5.14 Å². The van der Waals surface area contributed by atoms with Crippen LogP contribution in [-0.4, -0.2) is 36.6 Å². The topological polar surface area (TPSA) is 156 Å². The van der Waals surface area contributed by atoms with Crippen LogP contribution >= 0.6 is 11.8 Å². The largest absolute Gasteiger partial charge is 0.478 e. The Labute approximate surface area is 200 Å². The summed E-state index contributed by atoms with van der Waals surface area (Å²) in [5.41, 5.74) is 0.869. The Morgan fingerprint density at radius 3 is 1.94 bits per heavy atom. The maximum absolute atomic E-state index is 12.5. The molecule has 0 unspecified atom stereocenters. The molecule has 5 N–H and O–H groups in total. The van der Waals surface area contributed by atoms with Crippen LogP contribution in [0.2, 0.25) is 0 Å². The number of thioether (sulfide) groups is 1. The van der Waals surface area contributed by atoms with E-state index in [1.165, 1.54) is 48.2 Å². The predicted octanol–water partition coefficient (Wildman–Crippen LogP) is 3.40. The van der Waals surface area contributed by atoms with Crippen molar-refractivity contribution in [2.45, 2.75) is 22.0 Å². The number of hydrogen-bond donors (Lipinski definition) is 4. The first-order chi connectivity index (χ1) is 16.0. The van der Waals surface area contributed by atoms with E-state index in [0.29, 0.717) is 11.4 Å². The minimum Gasteiger partial charge on any atom is -0.478 e. The molecule has 0 aliphatic rings. The monoisotopic (exact) mass is 499 g/mol. The number of hydrogen-bond acceptors (Lipinski definition) is 6. The summed E-state index contributed by atoms with van der Waals surface area (Å²) in [7, 11) is -3.81. The third-order valence-electron chi connectivity index (χ3n) is 4.65.